The zero-order valence-electron chi connectivity index (χ0n) is 11.6. The average molecular weight is 298 g/mol. The van der Waals surface area contributed by atoms with Gasteiger partial charge in [0.25, 0.3) is 0 Å². The monoisotopic (exact) mass is 298 g/mol. The number of ether oxygens (including phenoxy) is 1. The van der Waals surface area contributed by atoms with Gasteiger partial charge in [0.1, 0.15) is 5.75 Å². The first kappa shape index (κ1) is 16.5. The van der Waals surface area contributed by atoms with Gasteiger partial charge in [0.05, 0.1) is 7.11 Å². The Balaban J connectivity index is 0.000000283. The summed E-state index contributed by atoms with van der Waals surface area (Å²) in [5.74, 6) is 0.966. The van der Waals surface area contributed by atoms with Crippen LogP contribution in [0, 0.1) is 0 Å². The van der Waals surface area contributed by atoms with E-state index in [0.717, 1.165) is 12.2 Å². The fraction of sp³-hybridized carbons (Fsp3) is 0.111. The van der Waals surface area contributed by atoms with E-state index in [1.165, 1.54) is 11.1 Å². The van der Waals surface area contributed by atoms with Crippen molar-refractivity contribution in [2.75, 3.05) is 7.11 Å². The number of benzene rings is 1. The second-order valence-electron chi connectivity index (χ2n) is 4.24. The van der Waals surface area contributed by atoms with E-state index in [1.807, 2.05) is 48.5 Å². The zero-order chi connectivity index (χ0) is 13.3. The summed E-state index contributed by atoms with van der Waals surface area (Å²) in [6, 6.07) is 26.5. The van der Waals surface area contributed by atoms with E-state index in [4.69, 9.17) is 4.74 Å². The van der Waals surface area contributed by atoms with Crippen LogP contribution >= 0.6 is 0 Å². The molecule has 0 amide bonds. The second kappa shape index (κ2) is 9.36. The Hall–Kier alpha value is -1.57. The van der Waals surface area contributed by atoms with Gasteiger partial charge in [-0.25, -0.2) is 24.3 Å². The zero-order valence-corrected chi connectivity index (χ0v) is 13.2. The molecule has 20 heavy (non-hydrogen) atoms. The molecule has 0 N–H and O–H groups in total. The summed E-state index contributed by atoms with van der Waals surface area (Å²) < 4.78 is 5.29. The molecule has 0 aliphatic heterocycles. The number of methoxy groups -OCH3 is 1. The molecule has 1 nitrogen and oxygen atoms in total. The molecule has 0 saturated heterocycles. The van der Waals surface area contributed by atoms with Crippen molar-refractivity contribution in [2.24, 2.45) is 0 Å². The van der Waals surface area contributed by atoms with Gasteiger partial charge in [-0.05, 0) is 18.1 Å². The van der Waals surface area contributed by atoms with Gasteiger partial charge in [-0.15, -0.1) is 0 Å². The van der Waals surface area contributed by atoms with E-state index in [-0.39, 0.29) is 21.7 Å². The van der Waals surface area contributed by atoms with Gasteiger partial charge in [-0.2, -0.15) is 35.9 Å². The molecule has 0 spiro atoms. The maximum atomic E-state index is 5.29. The largest absolute Gasteiger partial charge is 2.00 e. The molecule has 3 aromatic rings. The molecule has 3 aromatic carbocycles. The first-order chi connectivity index (χ1) is 9.40. The standard InChI is InChI=1S/C13H13O.C5H5.Ti/c1-14-13-9-5-4-8-12(13)10-11-6-2-3-7-11;1-2-4-5-3-1;/h2-9H,10H2,1H3;1-5H;/q2*-1;+2. The average Bonchev–Trinajstić information content (AvgIpc) is 3.15. The third kappa shape index (κ3) is 5.20. The smallest absolute Gasteiger partial charge is 0.497 e. The molecular weight excluding hydrogens is 280 g/mol. The molecule has 0 saturated carbocycles. The first-order valence-electron chi connectivity index (χ1n) is 6.39. The van der Waals surface area contributed by atoms with E-state index >= 15 is 0 Å². The van der Waals surface area contributed by atoms with Crippen molar-refractivity contribution in [1.82, 2.24) is 0 Å². The van der Waals surface area contributed by atoms with Crippen molar-refractivity contribution in [3.8, 4) is 5.75 Å². The molecule has 3 rings (SSSR count). The molecular formula is C18H18OTi. The third-order valence-electron chi connectivity index (χ3n) is 2.87. The Morgan fingerprint density at radius 3 is 2.15 bits per heavy atom. The molecule has 0 aliphatic rings. The van der Waals surface area contributed by atoms with Gasteiger partial charge in [0.2, 0.25) is 0 Å². The molecule has 0 heterocycles. The fourth-order valence-electron chi connectivity index (χ4n) is 1.92. The minimum atomic E-state index is 0. The van der Waals surface area contributed by atoms with Crippen molar-refractivity contribution < 1.29 is 26.5 Å². The van der Waals surface area contributed by atoms with Gasteiger partial charge in [0.15, 0.2) is 0 Å². The number of para-hydroxylation sites is 1. The van der Waals surface area contributed by atoms with E-state index < -0.39 is 0 Å². The maximum absolute atomic E-state index is 5.29. The maximum Gasteiger partial charge on any atom is 2.00 e. The summed E-state index contributed by atoms with van der Waals surface area (Å²) >= 11 is 0. The summed E-state index contributed by atoms with van der Waals surface area (Å²) in [6.45, 7) is 0. The normalized spacial score (nSPS) is 9.05. The molecule has 100 valence electrons. The van der Waals surface area contributed by atoms with Gasteiger partial charge in [-0.1, -0.05) is 18.2 Å². The van der Waals surface area contributed by atoms with Crippen LogP contribution in [0.1, 0.15) is 11.1 Å². The first-order valence-corrected chi connectivity index (χ1v) is 6.39. The molecule has 0 fully saturated rings. The molecule has 0 radical (unpaired) electrons. The predicted octanol–water partition coefficient (Wildman–Crippen LogP) is 4.41. The van der Waals surface area contributed by atoms with Gasteiger partial charge in [0, 0.05) is 0 Å². The van der Waals surface area contributed by atoms with Crippen LogP contribution < -0.4 is 4.74 Å². The molecule has 0 unspecified atom stereocenters. The van der Waals surface area contributed by atoms with E-state index in [0.29, 0.717) is 0 Å². The quantitative estimate of drug-likeness (QED) is 0.514. The second-order valence-corrected chi connectivity index (χ2v) is 4.24. The Bertz CT molecular complexity index is 536. The van der Waals surface area contributed by atoms with E-state index in [9.17, 15) is 0 Å². The number of rotatable bonds is 3. The SMILES string of the molecule is COc1ccccc1C[c-]1cccc1.[Ti+2].c1cc[cH-]c1. The van der Waals surface area contributed by atoms with Crippen molar-refractivity contribution in [3.63, 3.8) is 0 Å². The minimum absolute atomic E-state index is 0. The van der Waals surface area contributed by atoms with Gasteiger partial charge < -0.3 is 4.74 Å². The fourth-order valence-corrected chi connectivity index (χ4v) is 1.92. The van der Waals surface area contributed by atoms with Crippen LogP contribution in [0.2, 0.25) is 0 Å². The van der Waals surface area contributed by atoms with E-state index in [2.05, 4.69) is 30.3 Å². The van der Waals surface area contributed by atoms with Crippen molar-refractivity contribution >= 4 is 0 Å². The van der Waals surface area contributed by atoms with Gasteiger partial charge >= 0.3 is 21.7 Å². The molecule has 2 heteroatoms. The predicted molar refractivity (Wildman–Crippen MR) is 79.9 cm³/mol. The molecule has 0 aliphatic carbocycles. The summed E-state index contributed by atoms with van der Waals surface area (Å²) in [6.07, 6.45) is 0.941. The Kier molecular flexibility index (Phi) is 7.71. The van der Waals surface area contributed by atoms with Crippen LogP contribution in [0.25, 0.3) is 0 Å². The van der Waals surface area contributed by atoms with Crippen LogP contribution in [0.4, 0.5) is 0 Å². The molecule has 0 atom stereocenters. The summed E-state index contributed by atoms with van der Waals surface area (Å²) in [5.41, 5.74) is 2.57. The Labute approximate surface area is 135 Å². The summed E-state index contributed by atoms with van der Waals surface area (Å²) in [4.78, 5) is 0. The minimum Gasteiger partial charge on any atom is -0.497 e. The van der Waals surface area contributed by atoms with Gasteiger partial charge in [-0.3, -0.25) is 0 Å². The third-order valence-corrected chi connectivity index (χ3v) is 2.87. The number of hydrogen-bond acceptors (Lipinski definition) is 1. The van der Waals surface area contributed by atoms with Crippen LogP contribution in [0.3, 0.4) is 0 Å². The van der Waals surface area contributed by atoms with Crippen LogP contribution in [-0.4, -0.2) is 7.11 Å². The van der Waals surface area contributed by atoms with E-state index in [1.54, 1.807) is 7.11 Å². The molecule has 0 bridgehead atoms. The molecule has 0 aromatic heterocycles. The Morgan fingerprint density at radius 1 is 0.950 bits per heavy atom. The summed E-state index contributed by atoms with van der Waals surface area (Å²) in [5, 5.41) is 0. The number of hydrogen-bond donors (Lipinski definition) is 0. The van der Waals surface area contributed by atoms with Crippen LogP contribution in [-0.2, 0) is 28.1 Å². The van der Waals surface area contributed by atoms with Crippen molar-refractivity contribution in [2.45, 2.75) is 6.42 Å². The van der Waals surface area contributed by atoms with Crippen molar-refractivity contribution in [1.29, 1.82) is 0 Å². The topological polar surface area (TPSA) is 9.23 Å². The van der Waals surface area contributed by atoms with Crippen molar-refractivity contribution in [3.05, 3.63) is 90.0 Å². The Morgan fingerprint density at radius 2 is 1.60 bits per heavy atom. The van der Waals surface area contributed by atoms with Crippen LogP contribution in [0.5, 0.6) is 5.75 Å². The summed E-state index contributed by atoms with van der Waals surface area (Å²) in [7, 11) is 1.71. The van der Waals surface area contributed by atoms with Crippen LogP contribution in [0.15, 0.2) is 78.9 Å².